The third-order valence-corrected chi connectivity index (χ3v) is 5.83. The Morgan fingerprint density at radius 3 is 2.60 bits per heavy atom. The summed E-state index contributed by atoms with van der Waals surface area (Å²) in [6, 6.07) is 8.61. The van der Waals surface area contributed by atoms with Gasteiger partial charge in [-0.3, -0.25) is 10.1 Å². The van der Waals surface area contributed by atoms with Crippen LogP contribution in [-0.4, -0.2) is 41.9 Å². The molecule has 132 valence electrons. The van der Waals surface area contributed by atoms with Gasteiger partial charge in [0.2, 0.25) is 10.0 Å². The lowest BCUT2D eigenvalue weighted by atomic mass is 10.0. The van der Waals surface area contributed by atoms with Gasteiger partial charge in [0.15, 0.2) is 4.90 Å². The molecule has 0 saturated heterocycles. The van der Waals surface area contributed by atoms with E-state index in [9.17, 15) is 23.6 Å². The summed E-state index contributed by atoms with van der Waals surface area (Å²) in [5.41, 5.74) is 0.00976. The average Bonchev–Trinajstić information content (AvgIpc) is 3.00. The first kappa shape index (κ1) is 17.3. The van der Waals surface area contributed by atoms with Crippen molar-refractivity contribution in [2.24, 2.45) is 0 Å². The molecule has 3 rings (SSSR count). The molecule has 1 aromatic carbocycles. The highest BCUT2D eigenvalue weighted by Gasteiger charge is 2.35. The van der Waals surface area contributed by atoms with E-state index in [-0.39, 0.29) is 13.1 Å². The first-order valence-corrected chi connectivity index (χ1v) is 8.93. The fourth-order valence-electron chi connectivity index (χ4n) is 2.72. The van der Waals surface area contributed by atoms with E-state index < -0.39 is 31.6 Å². The van der Waals surface area contributed by atoms with Crippen molar-refractivity contribution in [3.05, 3.63) is 64.1 Å². The van der Waals surface area contributed by atoms with Gasteiger partial charge in [0.05, 0.1) is 11.0 Å². The Morgan fingerprint density at radius 1 is 1.28 bits per heavy atom. The number of rotatable bonds is 4. The number of nitrogens with zero attached hydrogens (tertiary/aromatic N) is 2. The number of hydrogen-bond donors (Lipinski definition) is 1. The first-order chi connectivity index (χ1) is 11.8. The molecule has 8 nitrogen and oxygen atoms in total. The highest BCUT2D eigenvalue weighted by atomic mass is 32.2. The molecule has 9 heteroatoms. The zero-order valence-electron chi connectivity index (χ0n) is 13.3. The third kappa shape index (κ3) is 3.21. The first-order valence-electron chi connectivity index (χ1n) is 7.49. The van der Waals surface area contributed by atoms with Crippen molar-refractivity contribution in [1.82, 2.24) is 4.31 Å². The highest BCUT2D eigenvalue weighted by Crippen LogP contribution is 2.30. The Labute approximate surface area is 144 Å². The predicted molar refractivity (Wildman–Crippen MR) is 89.3 cm³/mol. The van der Waals surface area contributed by atoms with Crippen molar-refractivity contribution in [2.45, 2.75) is 17.9 Å². The summed E-state index contributed by atoms with van der Waals surface area (Å²) in [4.78, 5) is 9.98. The molecule has 1 aliphatic heterocycles. The molecule has 0 unspecified atom stereocenters. The summed E-state index contributed by atoms with van der Waals surface area (Å²) in [5.74, 6) is 1.16. The third-order valence-electron chi connectivity index (χ3n) is 3.96. The van der Waals surface area contributed by atoms with E-state index in [0.29, 0.717) is 17.1 Å². The molecule has 0 saturated carbocycles. The molecule has 0 radical (unpaired) electrons. The van der Waals surface area contributed by atoms with Gasteiger partial charge in [-0.25, -0.2) is 8.42 Å². The number of benzene rings is 1. The van der Waals surface area contributed by atoms with Crippen LogP contribution in [0.1, 0.15) is 11.5 Å². The van der Waals surface area contributed by atoms with Crippen molar-refractivity contribution >= 4 is 21.3 Å². The number of sulfonamides is 1. The summed E-state index contributed by atoms with van der Waals surface area (Å²) >= 11 is 0. The predicted octanol–water partition coefficient (Wildman–Crippen LogP) is 1.95. The van der Waals surface area contributed by atoms with Gasteiger partial charge in [-0.2, -0.15) is 4.31 Å². The van der Waals surface area contributed by atoms with Crippen LogP contribution in [0.15, 0.2) is 51.8 Å². The molecule has 25 heavy (non-hydrogen) atoms. The van der Waals surface area contributed by atoms with Gasteiger partial charge in [-0.1, -0.05) is 18.2 Å². The zero-order valence-corrected chi connectivity index (χ0v) is 14.1. The van der Waals surface area contributed by atoms with Crippen LogP contribution in [0.4, 0.5) is 5.69 Å². The van der Waals surface area contributed by atoms with E-state index in [1.54, 1.807) is 25.1 Å². The van der Waals surface area contributed by atoms with E-state index in [1.807, 2.05) is 0 Å². The van der Waals surface area contributed by atoms with Gasteiger partial charge in [-0.15, -0.1) is 0 Å². The zero-order chi connectivity index (χ0) is 18.2. The number of hydrogen-bond acceptors (Lipinski definition) is 6. The maximum Gasteiger partial charge on any atom is 0.289 e. The summed E-state index contributed by atoms with van der Waals surface area (Å²) in [7, 11) is -4.11. The average molecular weight is 364 g/mol. The van der Waals surface area contributed by atoms with Crippen LogP contribution in [-0.2, 0) is 10.0 Å². The maximum atomic E-state index is 12.8. The van der Waals surface area contributed by atoms with Crippen LogP contribution in [0, 0.1) is 17.0 Å². The summed E-state index contributed by atoms with van der Waals surface area (Å²) in [6.45, 7) is 1.55. The van der Waals surface area contributed by atoms with E-state index >= 15 is 0 Å². The Bertz CT molecular complexity index is 947. The fourth-order valence-corrected chi connectivity index (χ4v) is 4.26. The van der Waals surface area contributed by atoms with Gasteiger partial charge in [0, 0.05) is 24.7 Å². The lowest BCUT2D eigenvalue weighted by Gasteiger charge is -2.28. The lowest BCUT2D eigenvalue weighted by molar-refractivity contribution is -0.387. The Hall–Kier alpha value is -2.49. The number of aliphatic hydroxyl groups excluding tert-OH is 1. The molecule has 1 aliphatic rings. The lowest BCUT2D eigenvalue weighted by Crippen LogP contribution is -2.41. The molecule has 0 bridgehead atoms. The van der Waals surface area contributed by atoms with E-state index in [1.165, 1.54) is 18.2 Å². The van der Waals surface area contributed by atoms with Gasteiger partial charge >= 0.3 is 0 Å². The Morgan fingerprint density at radius 2 is 2.00 bits per heavy atom. The standard InChI is InChI=1S/C16H16N2O6S/c1-11-6-7-15(24-11)12-8-9-17(10-14(12)19)25(22,23)16-5-3-2-4-13(16)18(20)21/h2-8,14,19H,9-10H2,1H3/t14-/m0/s1. The monoisotopic (exact) mass is 364 g/mol. The van der Waals surface area contributed by atoms with Gasteiger partial charge in [-0.05, 0) is 25.1 Å². The molecule has 2 heterocycles. The second-order valence-electron chi connectivity index (χ2n) is 5.63. The normalized spacial score (nSPS) is 18.8. The van der Waals surface area contributed by atoms with Crippen LogP contribution in [0.5, 0.6) is 0 Å². The summed E-state index contributed by atoms with van der Waals surface area (Å²) < 4.78 is 32.0. The van der Waals surface area contributed by atoms with Crippen LogP contribution < -0.4 is 0 Å². The minimum atomic E-state index is -4.11. The minimum Gasteiger partial charge on any atom is -0.462 e. The van der Waals surface area contributed by atoms with Gasteiger partial charge < -0.3 is 9.52 Å². The molecule has 0 fully saturated rings. The highest BCUT2D eigenvalue weighted by molar-refractivity contribution is 7.89. The minimum absolute atomic E-state index is 0.0134. The molecular weight excluding hydrogens is 348 g/mol. The van der Waals surface area contributed by atoms with Crippen molar-refractivity contribution in [3.63, 3.8) is 0 Å². The maximum absolute atomic E-state index is 12.8. The number of furan rings is 1. The second-order valence-corrected chi connectivity index (χ2v) is 7.54. The smallest absolute Gasteiger partial charge is 0.289 e. The molecule has 1 N–H and O–H groups in total. The number of β-amino-alcohol motifs (C(OH)–C–C–N with tert-alkyl or cyclic N) is 1. The fraction of sp³-hybridized carbons (Fsp3) is 0.250. The van der Waals surface area contributed by atoms with Gasteiger partial charge in [0.25, 0.3) is 5.69 Å². The molecule has 0 spiro atoms. The van der Waals surface area contributed by atoms with Crippen molar-refractivity contribution in [2.75, 3.05) is 13.1 Å². The topological polar surface area (TPSA) is 114 Å². The number of nitro benzene ring substituents is 1. The van der Waals surface area contributed by atoms with E-state index in [0.717, 1.165) is 10.4 Å². The van der Waals surface area contributed by atoms with Crippen molar-refractivity contribution in [3.8, 4) is 0 Å². The molecule has 0 aliphatic carbocycles. The van der Waals surface area contributed by atoms with Crippen LogP contribution in [0.25, 0.3) is 5.57 Å². The molecule has 1 aromatic heterocycles. The Kier molecular flexibility index (Phi) is 4.46. The van der Waals surface area contributed by atoms with Crippen LogP contribution in [0.3, 0.4) is 0 Å². The number of aryl methyl sites for hydroxylation is 1. The van der Waals surface area contributed by atoms with Gasteiger partial charge in [0.1, 0.15) is 11.5 Å². The van der Waals surface area contributed by atoms with Crippen molar-refractivity contribution in [1.29, 1.82) is 0 Å². The summed E-state index contributed by atoms with van der Waals surface area (Å²) in [6.07, 6.45) is 0.468. The molecule has 1 atom stereocenters. The van der Waals surface area contributed by atoms with Crippen molar-refractivity contribution < 1.29 is 22.9 Å². The van der Waals surface area contributed by atoms with E-state index in [4.69, 9.17) is 4.42 Å². The number of aliphatic hydroxyl groups is 1. The second kappa shape index (κ2) is 6.43. The van der Waals surface area contributed by atoms with Crippen LogP contribution >= 0.6 is 0 Å². The SMILES string of the molecule is Cc1ccc(C2=CCN(S(=O)(=O)c3ccccc3[N+](=O)[O-])C[C@@H]2O)o1. The summed E-state index contributed by atoms with van der Waals surface area (Å²) in [5, 5.41) is 21.4. The number of nitro groups is 1. The molecular formula is C16H16N2O6S. The molecule has 2 aromatic rings. The van der Waals surface area contributed by atoms with Crippen LogP contribution in [0.2, 0.25) is 0 Å². The largest absolute Gasteiger partial charge is 0.462 e. The quantitative estimate of drug-likeness (QED) is 0.655. The van der Waals surface area contributed by atoms with E-state index in [2.05, 4.69) is 0 Å². The molecule has 0 amide bonds. The number of para-hydroxylation sites is 1. The Balaban J connectivity index is 1.94.